The van der Waals surface area contributed by atoms with Gasteiger partial charge in [-0.2, -0.15) is 11.8 Å². The number of hydrogen-bond donors (Lipinski definition) is 0. The summed E-state index contributed by atoms with van der Waals surface area (Å²) in [6.45, 7) is 6.14. The second-order valence-corrected chi connectivity index (χ2v) is 5.83. The zero-order chi connectivity index (χ0) is 13.1. The van der Waals surface area contributed by atoms with Gasteiger partial charge in [0.1, 0.15) is 0 Å². The topological polar surface area (TPSA) is 0 Å². The molecule has 0 unspecified atom stereocenters. The standard InChI is InChI=1S/C17H26S/c1-3-5-6-7-8-11-14-18-15-17-13-10-9-12-16(17)4-2/h4,9-10,12-13H,2-3,5-8,11,14-15H2,1H3. The van der Waals surface area contributed by atoms with Gasteiger partial charge in [-0.05, 0) is 23.3 Å². The summed E-state index contributed by atoms with van der Waals surface area (Å²) in [5, 5.41) is 0. The van der Waals surface area contributed by atoms with Crippen LogP contribution in [0, 0.1) is 0 Å². The molecule has 0 atom stereocenters. The summed E-state index contributed by atoms with van der Waals surface area (Å²) >= 11 is 2.05. The van der Waals surface area contributed by atoms with Gasteiger partial charge in [0, 0.05) is 5.75 Å². The Kier molecular flexibility index (Phi) is 8.75. The van der Waals surface area contributed by atoms with Crippen molar-refractivity contribution in [2.24, 2.45) is 0 Å². The van der Waals surface area contributed by atoms with E-state index in [4.69, 9.17) is 0 Å². The maximum Gasteiger partial charge on any atom is 0.0190 e. The van der Waals surface area contributed by atoms with Crippen molar-refractivity contribution in [3.63, 3.8) is 0 Å². The molecule has 0 amide bonds. The predicted molar refractivity (Wildman–Crippen MR) is 86.1 cm³/mol. The molecule has 1 rings (SSSR count). The van der Waals surface area contributed by atoms with Crippen molar-refractivity contribution < 1.29 is 0 Å². The van der Waals surface area contributed by atoms with E-state index >= 15 is 0 Å². The molecular weight excluding hydrogens is 236 g/mol. The van der Waals surface area contributed by atoms with Crippen molar-refractivity contribution in [2.75, 3.05) is 5.75 Å². The minimum atomic E-state index is 1.12. The van der Waals surface area contributed by atoms with Crippen LogP contribution >= 0.6 is 11.8 Å². The van der Waals surface area contributed by atoms with E-state index in [1.54, 1.807) is 0 Å². The van der Waals surface area contributed by atoms with Gasteiger partial charge < -0.3 is 0 Å². The molecule has 1 aromatic carbocycles. The smallest absolute Gasteiger partial charge is 0.0190 e. The Morgan fingerprint density at radius 2 is 1.78 bits per heavy atom. The zero-order valence-electron chi connectivity index (χ0n) is 11.7. The number of benzene rings is 1. The van der Waals surface area contributed by atoms with Gasteiger partial charge >= 0.3 is 0 Å². The molecule has 0 N–H and O–H groups in total. The molecule has 1 heteroatoms. The van der Waals surface area contributed by atoms with Gasteiger partial charge in [0.05, 0.1) is 0 Å². The van der Waals surface area contributed by atoms with Gasteiger partial charge in [-0.15, -0.1) is 0 Å². The van der Waals surface area contributed by atoms with Crippen molar-refractivity contribution in [1.82, 2.24) is 0 Å². The van der Waals surface area contributed by atoms with Crippen LogP contribution < -0.4 is 0 Å². The molecule has 0 radical (unpaired) electrons. The Bertz CT molecular complexity index is 330. The van der Waals surface area contributed by atoms with Gasteiger partial charge in [-0.3, -0.25) is 0 Å². The molecule has 0 saturated heterocycles. The summed E-state index contributed by atoms with van der Waals surface area (Å²) in [6, 6.07) is 8.56. The molecular formula is C17H26S. The first-order chi connectivity index (χ1) is 8.88. The summed E-state index contributed by atoms with van der Waals surface area (Å²) in [6.07, 6.45) is 10.3. The molecule has 1 aromatic rings. The molecule has 0 nitrogen and oxygen atoms in total. The summed E-state index contributed by atoms with van der Waals surface area (Å²) in [5.74, 6) is 2.41. The quantitative estimate of drug-likeness (QED) is 0.471. The van der Waals surface area contributed by atoms with Crippen molar-refractivity contribution in [3.05, 3.63) is 42.0 Å². The minimum Gasteiger partial charge on any atom is -0.157 e. The maximum absolute atomic E-state index is 3.87. The second kappa shape index (κ2) is 10.3. The third-order valence-corrected chi connectivity index (χ3v) is 4.27. The molecule has 0 heterocycles. The third kappa shape index (κ3) is 6.30. The molecule has 100 valence electrons. The largest absolute Gasteiger partial charge is 0.157 e. The molecule has 18 heavy (non-hydrogen) atoms. The Balaban J connectivity index is 2.09. The Labute approximate surface area is 117 Å². The Morgan fingerprint density at radius 1 is 1.06 bits per heavy atom. The number of thioether (sulfide) groups is 1. The highest BCUT2D eigenvalue weighted by atomic mass is 32.2. The van der Waals surface area contributed by atoms with E-state index in [1.807, 2.05) is 6.08 Å². The van der Waals surface area contributed by atoms with Crippen molar-refractivity contribution in [2.45, 2.75) is 51.2 Å². The van der Waals surface area contributed by atoms with E-state index in [0.29, 0.717) is 0 Å². The van der Waals surface area contributed by atoms with Crippen LogP contribution in [0.2, 0.25) is 0 Å². The lowest BCUT2D eigenvalue weighted by atomic mass is 10.1. The molecule has 0 aliphatic heterocycles. The number of rotatable bonds is 10. The van der Waals surface area contributed by atoms with Gasteiger partial charge in [0.15, 0.2) is 0 Å². The molecule has 0 saturated carbocycles. The second-order valence-electron chi connectivity index (χ2n) is 4.72. The highest BCUT2D eigenvalue weighted by molar-refractivity contribution is 7.98. The average Bonchev–Trinajstić information content (AvgIpc) is 2.42. The van der Waals surface area contributed by atoms with E-state index in [-0.39, 0.29) is 0 Å². The van der Waals surface area contributed by atoms with Crippen LogP contribution in [0.3, 0.4) is 0 Å². The average molecular weight is 262 g/mol. The van der Waals surface area contributed by atoms with Crippen LogP contribution in [0.4, 0.5) is 0 Å². The van der Waals surface area contributed by atoms with Crippen LogP contribution in [-0.4, -0.2) is 5.75 Å². The van der Waals surface area contributed by atoms with E-state index in [0.717, 1.165) is 5.75 Å². The lowest BCUT2D eigenvalue weighted by molar-refractivity contribution is 0.627. The summed E-state index contributed by atoms with van der Waals surface area (Å²) in [5.41, 5.74) is 2.71. The van der Waals surface area contributed by atoms with Crippen LogP contribution in [-0.2, 0) is 5.75 Å². The maximum atomic E-state index is 3.87. The van der Waals surface area contributed by atoms with Gasteiger partial charge in [-0.25, -0.2) is 0 Å². The highest BCUT2D eigenvalue weighted by Gasteiger charge is 1.98. The monoisotopic (exact) mass is 262 g/mol. The molecule has 0 spiro atoms. The van der Waals surface area contributed by atoms with Crippen molar-refractivity contribution >= 4 is 17.8 Å². The lowest BCUT2D eigenvalue weighted by Crippen LogP contribution is -1.88. The SMILES string of the molecule is C=Cc1ccccc1CSCCCCCCCC. The fraction of sp³-hybridized carbons (Fsp3) is 0.529. The molecule has 0 aromatic heterocycles. The zero-order valence-corrected chi connectivity index (χ0v) is 12.5. The first kappa shape index (κ1) is 15.4. The number of hydrogen-bond acceptors (Lipinski definition) is 1. The van der Waals surface area contributed by atoms with Crippen LogP contribution in [0.15, 0.2) is 30.8 Å². The van der Waals surface area contributed by atoms with Gasteiger partial charge in [0.25, 0.3) is 0 Å². The van der Waals surface area contributed by atoms with Gasteiger partial charge in [0.2, 0.25) is 0 Å². The highest BCUT2D eigenvalue weighted by Crippen LogP contribution is 2.19. The minimum absolute atomic E-state index is 1.12. The van der Waals surface area contributed by atoms with Crippen LogP contribution in [0.1, 0.15) is 56.6 Å². The van der Waals surface area contributed by atoms with Crippen molar-refractivity contribution in [3.8, 4) is 0 Å². The van der Waals surface area contributed by atoms with Gasteiger partial charge in [-0.1, -0.05) is 75.9 Å². The van der Waals surface area contributed by atoms with Crippen LogP contribution in [0.5, 0.6) is 0 Å². The Hall–Kier alpha value is -0.690. The van der Waals surface area contributed by atoms with E-state index in [1.165, 1.54) is 55.4 Å². The molecule has 0 bridgehead atoms. The summed E-state index contributed by atoms with van der Waals surface area (Å²) < 4.78 is 0. The van der Waals surface area contributed by atoms with E-state index < -0.39 is 0 Å². The molecule has 0 aliphatic carbocycles. The van der Waals surface area contributed by atoms with Crippen LogP contribution in [0.25, 0.3) is 6.08 Å². The summed E-state index contributed by atoms with van der Waals surface area (Å²) in [7, 11) is 0. The normalized spacial score (nSPS) is 10.5. The lowest BCUT2D eigenvalue weighted by Gasteiger charge is -2.05. The number of unbranched alkanes of at least 4 members (excludes halogenated alkanes) is 5. The molecule has 0 fully saturated rings. The van der Waals surface area contributed by atoms with E-state index in [2.05, 4.69) is 49.5 Å². The predicted octanol–water partition coefficient (Wildman–Crippen LogP) is 5.92. The van der Waals surface area contributed by atoms with Crippen molar-refractivity contribution in [1.29, 1.82) is 0 Å². The Morgan fingerprint density at radius 3 is 2.56 bits per heavy atom. The summed E-state index contributed by atoms with van der Waals surface area (Å²) in [4.78, 5) is 0. The molecule has 0 aliphatic rings. The van der Waals surface area contributed by atoms with E-state index in [9.17, 15) is 0 Å². The first-order valence-corrected chi connectivity index (χ1v) is 8.32. The fourth-order valence-electron chi connectivity index (χ4n) is 2.03. The third-order valence-electron chi connectivity index (χ3n) is 3.17. The first-order valence-electron chi connectivity index (χ1n) is 7.16. The fourth-order valence-corrected chi connectivity index (χ4v) is 3.07.